The lowest BCUT2D eigenvalue weighted by Gasteiger charge is -2.19. The Hall–Kier alpha value is -9.45. The molecule has 0 aliphatic rings. The molecule has 0 aliphatic carbocycles. The lowest BCUT2D eigenvalue weighted by atomic mass is 9.85. The lowest BCUT2D eigenvalue weighted by molar-refractivity contribution is 0.735. The van der Waals surface area contributed by atoms with Gasteiger partial charge >= 0.3 is 0 Å². The largest absolute Gasteiger partial charge is 0.256 e. The molecular formula is C71H57N5. The predicted octanol–water partition coefficient (Wildman–Crippen LogP) is 18.7. The van der Waals surface area contributed by atoms with Crippen LogP contribution in [0.2, 0.25) is 0 Å². The van der Waals surface area contributed by atoms with E-state index in [1.165, 1.54) is 28.1 Å². The fraction of sp³-hybridized carbons (Fsp3) is 0.0845. The zero-order valence-electron chi connectivity index (χ0n) is 43.2. The first kappa shape index (κ1) is 47.5. The number of para-hydroxylation sites is 2. The normalized spacial score (nSPS) is 11.4. The van der Waals surface area contributed by atoms with Gasteiger partial charge in [0.1, 0.15) is 0 Å². The molecule has 0 radical (unpaired) electrons. The molecule has 0 amide bonds. The summed E-state index contributed by atoms with van der Waals surface area (Å²) in [6, 6.07) is 86.8. The van der Waals surface area contributed by atoms with Crippen molar-refractivity contribution in [2.45, 2.75) is 39.5 Å². The van der Waals surface area contributed by atoms with Crippen molar-refractivity contribution in [1.29, 1.82) is 0 Å². The summed E-state index contributed by atoms with van der Waals surface area (Å²) in [5.41, 5.74) is 24.6. The van der Waals surface area contributed by atoms with Crippen LogP contribution in [0.25, 0.3) is 112 Å². The highest BCUT2D eigenvalue weighted by Gasteiger charge is 2.23. The lowest BCUT2D eigenvalue weighted by Crippen LogP contribution is -2.04. The minimum Gasteiger partial charge on any atom is -0.256 e. The number of rotatable bonds is 13. The van der Waals surface area contributed by atoms with Gasteiger partial charge in [0, 0.05) is 28.5 Å². The number of pyridine rings is 1. The fourth-order valence-corrected chi connectivity index (χ4v) is 10.9. The van der Waals surface area contributed by atoms with Gasteiger partial charge in [0.05, 0.1) is 40.9 Å². The molecule has 0 spiro atoms. The van der Waals surface area contributed by atoms with Crippen molar-refractivity contribution in [1.82, 2.24) is 24.5 Å². The molecule has 12 aromatic rings. The zero-order valence-corrected chi connectivity index (χ0v) is 43.2. The molecule has 0 saturated heterocycles. The third kappa shape index (κ3) is 9.29. The molecule has 0 atom stereocenters. The first-order chi connectivity index (χ1) is 37.4. The van der Waals surface area contributed by atoms with E-state index in [1.54, 1.807) is 0 Å². The van der Waals surface area contributed by atoms with Crippen LogP contribution in [-0.2, 0) is 0 Å². The number of aromatic nitrogens is 5. The Bertz CT molecular complexity index is 3810. The van der Waals surface area contributed by atoms with Gasteiger partial charge in [0.25, 0.3) is 0 Å². The van der Waals surface area contributed by atoms with E-state index in [2.05, 4.69) is 280 Å². The summed E-state index contributed by atoms with van der Waals surface area (Å²) < 4.78 is 4.21. The van der Waals surface area contributed by atoms with Crippen LogP contribution in [0, 0.1) is 0 Å². The second-order valence-electron chi connectivity index (χ2n) is 20.1. The second-order valence-corrected chi connectivity index (χ2v) is 20.1. The molecule has 0 unspecified atom stereocenters. The third-order valence-corrected chi connectivity index (χ3v) is 14.5. The molecule has 0 aliphatic heterocycles. The molecule has 0 N–H and O–H groups in total. The van der Waals surface area contributed by atoms with E-state index in [-0.39, 0.29) is 11.8 Å². The van der Waals surface area contributed by atoms with Crippen molar-refractivity contribution < 1.29 is 0 Å². The van der Waals surface area contributed by atoms with Gasteiger partial charge in [0.15, 0.2) is 0 Å². The molecule has 3 heterocycles. The number of hydrogen-bond acceptors (Lipinski definition) is 3. The molecule has 76 heavy (non-hydrogen) atoms. The van der Waals surface area contributed by atoms with E-state index in [4.69, 9.17) is 15.2 Å². The molecular weight excluding hydrogens is 923 g/mol. The summed E-state index contributed by atoms with van der Waals surface area (Å²) in [6.07, 6.45) is 6.12. The Labute approximate surface area is 446 Å². The van der Waals surface area contributed by atoms with Crippen molar-refractivity contribution >= 4 is 0 Å². The molecule has 9 aromatic carbocycles. The summed E-state index contributed by atoms with van der Waals surface area (Å²) >= 11 is 0. The van der Waals surface area contributed by atoms with E-state index in [0.29, 0.717) is 0 Å². The Morgan fingerprint density at radius 2 is 0.605 bits per heavy atom. The van der Waals surface area contributed by atoms with Crippen molar-refractivity contribution in [2.24, 2.45) is 0 Å². The fourth-order valence-electron chi connectivity index (χ4n) is 10.9. The Morgan fingerprint density at radius 3 is 1.05 bits per heavy atom. The van der Waals surface area contributed by atoms with Gasteiger partial charge in [-0.3, -0.25) is 4.98 Å². The molecule has 5 heteroatoms. The smallest absolute Gasteiger partial charge is 0.0702 e. The predicted molar refractivity (Wildman–Crippen MR) is 316 cm³/mol. The first-order valence-corrected chi connectivity index (χ1v) is 26.3. The summed E-state index contributed by atoms with van der Waals surface area (Å²) in [5.74, 6) is 0.416. The van der Waals surface area contributed by atoms with E-state index >= 15 is 0 Å². The maximum atomic E-state index is 5.15. The highest BCUT2D eigenvalue weighted by molar-refractivity contribution is 5.95. The maximum absolute atomic E-state index is 5.15. The summed E-state index contributed by atoms with van der Waals surface area (Å²) in [7, 11) is 0. The molecule has 5 nitrogen and oxygen atoms in total. The highest BCUT2D eigenvalue weighted by atomic mass is 15.3. The Balaban J connectivity index is 0.980. The van der Waals surface area contributed by atoms with Crippen molar-refractivity contribution in [3.63, 3.8) is 0 Å². The highest BCUT2D eigenvalue weighted by Crippen LogP contribution is 2.45. The quantitative estimate of drug-likeness (QED) is 0.116. The van der Waals surface area contributed by atoms with Crippen molar-refractivity contribution in [2.75, 3.05) is 0 Å². The third-order valence-electron chi connectivity index (χ3n) is 14.5. The van der Waals surface area contributed by atoms with Gasteiger partial charge in [-0.05, 0) is 139 Å². The van der Waals surface area contributed by atoms with Gasteiger partial charge in [-0.2, -0.15) is 10.2 Å². The van der Waals surface area contributed by atoms with Gasteiger partial charge in [0.2, 0.25) is 0 Å². The van der Waals surface area contributed by atoms with Crippen LogP contribution < -0.4 is 0 Å². The maximum Gasteiger partial charge on any atom is 0.0702 e. The first-order valence-electron chi connectivity index (χ1n) is 26.3. The van der Waals surface area contributed by atoms with Gasteiger partial charge in [-0.1, -0.05) is 216 Å². The van der Waals surface area contributed by atoms with E-state index in [1.807, 2.05) is 18.6 Å². The van der Waals surface area contributed by atoms with Crippen LogP contribution >= 0.6 is 0 Å². The number of nitrogens with zero attached hydrogens (tertiary/aromatic N) is 5. The SMILES string of the molecule is CC(C)c1c(-c2ccccc2-c2cc(-c3ccccc3-c3ccc(-c4cccc(-c5ccc(-c6ccccc6)cc5)c4)nc3)cc(-c3ccccc3-c3cnn(-c4ccccc4)c3C(C)C)c2)cnn1-c1ccccc1. The second kappa shape index (κ2) is 20.8. The average molecular weight is 980 g/mol. The number of benzene rings is 9. The monoisotopic (exact) mass is 979 g/mol. The van der Waals surface area contributed by atoms with Crippen molar-refractivity contribution in [3.05, 3.63) is 273 Å². The summed E-state index contributed by atoms with van der Waals surface area (Å²) in [4.78, 5) is 5.15. The van der Waals surface area contributed by atoms with Crippen LogP contribution in [0.15, 0.2) is 261 Å². The Kier molecular flexibility index (Phi) is 13.0. The van der Waals surface area contributed by atoms with E-state index in [9.17, 15) is 0 Å². The average Bonchev–Trinajstić information content (AvgIpc) is 4.15. The van der Waals surface area contributed by atoms with Crippen LogP contribution in [0.4, 0.5) is 0 Å². The zero-order chi connectivity index (χ0) is 51.5. The van der Waals surface area contributed by atoms with Gasteiger partial charge < -0.3 is 0 Å². The Morgan fingerprint density at radius 1 is 0.263 bits per heavy atom. The molecule has 12 rings (SSSR count). The van der Waals surface area contributed by atoms with Crippen molar-refractivity contribution in [3.8, 4) is 112 Å². The summed E-state index contributed by atoms with van der Waals surface area (Å²) in [5, 5.41) is 10.1. The van der Waals surface area contributed by atoms with E-state index in [0.717, 1.165) is 95.0 Å². The minimum absolute atomic E-state index is 0.208. The van der Waals surface area contributed by atoms with Crippen LogP contribution in [0.5, 0.6) is 0 Å². The number of hydrogen-bond donors (Lipinski definition) is 0. The molecule has 3 aromatic heterocycles. The van der Waals surface area contributed by atoms with Crippen LogP contribution in [0.1, 0.15) is 50.9 Å². The molecule has 0 bridgehead atoms. The van der Waals surface area contributed by atoms with Gasteiger partial charge in [-0.15, -0.1) is 0 Å². The van der Waals surface area contributed by atoms with Gasteiger partial charge in [-0.25, -0.2) is 9.36 Å². The topological polar surface area (TPSA) is 48.5 Å². The molecule has 0 saturated carbocycles. The van der Waals surface area contributed by atoms with Crippen LogP contribution in [-0.4, -0.2) is 24.5 Å². The summed E-state index contributed by atoms with van der Waals surface area (Å²) in [6.45, 7) is 9.02. The standard InChI is InChI=1S/C71H57N5/c1-48(2)70-67(46-73-75(70)59-25-10-6-11-26-59)65-33-18-16-31-63(65)57-42-56(43-58(44-57)64-32-17-19-34-66(64)68-47-74-76(71(68)49(3)4)60-27-12-7-13-28-60)62-30-15-14-29-61(62)55-39-40-69(72-45-55)54-24-20-23-53(41-54)52-37-35-51(36-38-52)50-21-8-5-9-22-50/h5-49H,1-4H3. The molecule has 366 valence electrons. The van der Waals surface area contributed by atoms with Crippen LogP contribution in [0.3, 0.4) is 0 Å². The minimum atomic E-state index is 0.208. The van der Waals surface area contributed by atoms with E-state index < -0.39 is 0 Å². The molecule has 0 fully saturated rings.